The van der Waals surface area contributed by atoms with Crippen LogP contribution in [-0.4, -0.2) is 28.3 Å². The Bertz CT molecular complexity index is 150. The molecule has 0 fully saturated rings. The number of ether oxygens (including phenoxy) is 1. The fraction of sp³-hybridized carbons (Fsp3) is 0.500. The molecular weight excluding hydrogens is 120 g/mol. The number of nitrogens with one attached hydrogen (secondary N) is 1. The first kappa shape index (κ1) is 6.03. The van der Waals surface area contributed by atoms with Crippen LogP contribution < -0.4 is 10.5 Å². The van der Waals surface area contributed by atoms with Gasteiger partial charge in [-0.2, -0.15) is 10.1 Å². The maximum atomic E-state index is 5.16. The molecule has 0 aliphatic carbocycles. The summed E-state index contributed by atoms with van der Waals surface area (Å²) in [6.45, 7) is 0.954. The minimum absolute atomic E-state index is 0.417. The third-order valence-electron chi connectivity index (χ3n) is 0.750. The van der Waals surface area contributed by atoms with Crippen LogP contribution in [0, 0.1) is 0 Å². The van der Waals surface area contributed by atoms with Gasteiger partial charge in [-0.15, -0.1) is 0 Å². The molecule has 1 rings (SSSR count). The van der Waals surface area contributed by atoms with Gasteiger partial charge in [-0.3, -0.25) is 0 Å². The SMILES string of the molecule is NCCOc1ncn[nH]1. The average Bonchev–Trinajstić information content (AvgIpc) is 2.34. The first-order valence-corrected chi connectivity index (χ1v) is 2.61. The van der Waals surface area contributed by atoms with E-state index in [-0.39, 0.29) is 0 Å². The van der Waals surface area contributed by atoms with Crippen LogP contribution in [0.25, 0.3) is 0 Å². The van der Waals surface area contributed by atoms with Gasteiger partial charge in [-0.1, -0.05) is 0 Å². The molecule has 3 N–H and O–H groups in total. The summed E-state index contributed by atoms with van der Waals surface area (Å²) in [6, 6.07) is 0.417. The Balaban J connectivity index is 2.30. The van der Waals surface area contributed by atoms with Crippen molar-refractivity contribution >= 4 is 0 Å². The monoisotopic (exact) mass is 128 g/mol. The largest absolute Gasteiger partial charge is 0.462 e. The van der Waals surface area contributed by atoms with Gasteiger partial charge in [0, 0.05) is 6.54 Å². The lowest BCUT2D eigenvalue weighted by atomic mass is 10.7. The van der Waals surface area contributed by atoms with E-state index in [1.165, 1.54) is 6.33 Å². The molecule has 1 heterocycles. The van der Waals surface area contributed by atoms with E-state index >= 15 is 0 Å². The number of nitrogens with two attached hydrogens (primary N) is 1. The van der Waals surface area contributed by atoms with Gasteiger partial charge in [0.2, 0.25) is 0 Å². The molecule has 9 heavy (non-hydrogen) atoms. The molecule has 0 aliphatic rings. The second-order valence-corrected chi connectivity index (χ2v) is 1.43. The van der Waals surface area contributed by atoms with E-state index < -0.39 is 0 Å². The molecular formula is C4H8N4O. The molecule has 50 valence electrons. The Hall–Kier alpha value is -1.10. The lowest BCUT2D eigenvalue weighted by Gasteiger charge is -1.95. The molecule has 0 saturated heterocycles. The quantitative estimate of drug-likeness (QED) is 0.555. The van der Waals surface area contributed by atoms with Crippen LogP contribution in [0.2, 0.25) is 0 Å². The highest BCUT2D eigenvalue weighted by molar-refractivity contribution is 4.84. The van der Waals surface area contributed by atoms with Crippen LogP contribution in [0.4, 0.5) is 0 Å². The van der Waals surface area contributed by atoms with E-state index in [9.17, 15) is 0 Å². The number of aromatic nitrogens is 3. The second kappa shape index (κ2) is 3.03. The zero-order valence-corrected chi connectivity index (χ0v) is 4.87. The Labute approximate surface area is 52.2 Å². The van der Waals surface area contributed by atoms with Crippen molar-refractivity contribution in [3.8, 4) is 6.01 Å². The molecule has 0 atom stereocenters. The number of aromatic amines is 1. The first-order valence-electron chi connectivity index (χ1n) is 2.61. The summed E-state index contributed by atoms with van der Waals surface area (Å²) in [5.41, 5.74) is 5.16. The van der Waals surface area contributed by atoms with Crippen molar-refractivity contribution < 1.29 is 4.74 Å². The minimum Gasteiger partial charge on any atom is -0.462 e. The molecule has 0 radical (unpaired) electrons. The van der Waals surface area contributed by atoms with Gasteiger partial charge in [0.15, 0.2) is 0 Å². The average molecular weight is 128 g/mol. The molecule has 0 aromatic carbocycles. The molecule has 0 spiro atoms. The fourth-order valence-corrected chi connectivity index (χ4v) is 0.419. The van der Waals surface area contributed by atoms with Gasteiger partial charge in [-0.05, 0) is 0 Å². The summed E-state index contributed by atoms with van der Waals surface area (Å²) in [5, 5.41) is 6.11. The van der Waals surface area contributed by atoms with E-state index in [1.54, 1.807) is 0 Å². The van der Waals surface area contributed by atoms with Gasteiger partial charge < -0.3 is 10.5 Å². The topological polar surface area (TPSA) is 76.8 Å². The first-order chi connectivity index (χ1) is 4.43. The van der Waals surface area contributed by atoms with E-state index in [4.69, 9.17) is 10.5 Å². The van der Waals surface area contributed by atoms with Crippen molar-refractivity contribution in [1.29, 1.82) is 0 Å². The van der Waals surface area contributed by atoms with E-state index in [1.807, 2.05) is 0 Å². The van der Waals surface area contributed by atoms with Crippen molar-refractivity contribution in [3.05, 3.63) is 6.33 Å². The van der Waals surface area contributed by atoms with Crippen LogP contribution in [0.15, 0.2) is 6.33 Å². The smallest absolute Gasteiger partial charge is 0.312 e. The molecule has 0 aliphatic heterocycles. The van der Waals surface area contributed by atoms with Gasteiger partial charge in [0.25, 0.3) is 0 Å². The number of hydrogen-bond donors (Lipinski definition) is 2. The third kappa shape index (κ3) is 1.69. The summed E-state index contributed by atoms with van der Waals surface area (Å²) >= 11 is 0. The fourth-order valence-electron chi connectivity index (χ4n) is 0.419. The molecule has 0 amide bonds. The highest BCUT2D eigenvalue weighted by Gasteiger charge is 1.90. The molecule has 1 aromatic rings. The second-order valence-electron chi connectivity index (χ2n) is 1.43. The van der Waals surface area contributed by atoms with Crippen molar-refractivity contribution in [3.63, 3.8) is 0 Å². The van der Waals surface area contributed by atoms with Gasteiger partial charge in [-0.25, -0.2) is 5.10 Å². The van der Waals surface area contributed by atoms with Crippen LogP contribution in [0.3, 0.4) is 0 Å². The molecule has 0 saturated carbocycles. The summed E-state index contributed by atoms with van der Waals surface area (Å²) < 4.78 is 4.94. The number of nitrogens with zero attached hydrogens (tertiary/aromatic N) is 2. The summed E-state index contributed by atoms with van der Waals surface area (Å²) in [7, 11) is 0. The van der Waals surface area contributed by atoms with Crippen molar-refractivity contribution in [2.45, 2.75) is 0 Å². The maximum Gasteiger partial charge on any atom is 0.312 e. The Kier molecular flexibility index (Phi) is 2.03. The van der Waals surface area contributed by atoms with Crippen LogP contribution in [0.1, 0.15) is 0 Å². The minimum atomic E-state index is 0.417. The molecule has 5 nitrogen and oxygen atoms in total. The predicted molar refractivity (Wildman–Crippen MR) is 30.9 cm³/mol. The molecule has 0 unspecified atom stereocenters. The lowest BCUT2D eigenvalue weighted by molar-refractivity contribution is 0.303. The molecule has 0 bridgehead atoms. The Morgan fingerprint density at radius 3 is 3.22 bits per heavy atom. The molecule has 5 heteroatoms. The lowest BCUT2D eigenvalue weighted by Crippen LogP contribution is -2.11. The number of hydrogen-bond acceptors (Lipinski definition) is 4. The zero-order valence-electron chi connectivity index (χ0n) is 4.87. The number of H-pyrrole nitrogens is 1. The van der Waals surface area contributed by atoms with Gasteiger partial charge in [0.05, 0.1) is 0 Å². The van der Waals surface area contributed by atoms with Crippen molar-refractivity contribution in [2.24, 2.45) is 5.73 Å². The zero-order chi connectivity index (χ0) is 6.53. The highest BCUT2D eigenvalue weighted by atomic mass is 16.5. The summed E-state index contributed by atoms with van der Waals surface area (Å²) in [5.74, 6) is 0. The van der Waals surface area contributed by atoms with Crippen LogP contribution in [-0.2, 0) is 0 Å². The van der Waals surface area contributed by atoms with Crippen molar-refractivity contribution in [1.82, 2.24) is 15.2 Å². The van der Waals surface area contributed by atoms with E-state index in [0.717, 1.165) is 0 Å². The number of rotatable bonds is 3. The summed E-state index contributed by atoms with van der Waals surface area (Å²) in [6.07, 6.45) is 1.38. The highest BCUT2D eigenvalue weighted by Crippen LogP contribution is 1.93. The Morgan fingerprint density at radius 1 is 1.78 bits per heavy atom. The predicted octanol–water partition coefficient (Wildman–Crippen LogP) is -0.858. The normalized spacial score (nSPS) is 9.44. The van der Waals surface area contributed by atoms with Crippen LogP contribution in [0.5, 0.6) is 6.01 Å². The summed E-state index contributed by atoms with van der Waals surface area (Å²) in [4.78, 5) is 3.71. The third-order valence-corrected chi connectivity index (χ3v) is 0.750. The van der Waals surface area contributed by atoms with E-state index in [2.05, 4.69) is 15.2 Å². The van der Waals surface area contributed by atoms with Gasteiger partial charge in [0.1, 0.15) is 12.9 Å². The van der Waals surface area contributed by atoms with Gasteiger partial charge >= 0.3 is 6.01 Å². The van der Waals surface area contributed by atoms with Crippen molar-refractivity contribution in [2.75, 3.05) is 13.2 Å². The maximum absolute atomic E-state index is 5.16. The van der Waals surface area contributed by atoms with E-state index in [0.29, 0.717) is 19.2 Å². The van der Waals surface area contributed by atoms with Crippen LogP contribution >= 0.6 is 0 Å². The molecule has 1 aromatic heterocycles. The Morgan fingerprint density at radius 2 is 2.67 bits per heavy atom. The standard InChI is InChI=1S/C4H8N4O/c5-1-2-9-4-6-3-7-8-4/h3H,1-2,5H2,(H,6,7,8).